The summed E-state index contributed by atoms with van der Waals surface area (Å²) in [4.78, 5) is 19.7. The zero-order chi connectivity index (χ0) is 45.9. The minimum atomic E-state index is -0.245. The van der Waals surface area contributed by atoms with Crippen LogP contribution in [0.2, 0.25) is 0 Å². The van der Waals surface area contributed by atoms with Gasteiger partial charge in [-0.25, -0.2) is 4.39 Å². The van der Waals surface area contributed by atoms with Crippen molar-refractivity contribution in [2.75, 3.05) is 61.0 Å². The molecule has 4 aliphatic heterocycles. The van der Waals surface area contributed by atoms with Gasteiger partial charge < -0.3 is 34.8 Å². The Morgan fingerprint density at radius 2 is 1.33 bits per heavy atom. The van der Waals surface area contributed by atoms with Crippen LogP contribution in [-0.4, -0.2) is 100.0 Å². The first kappa shape index (κ1) is 43.7. The molecule has 9 heterocycles. The van der Waals surface area contributed by atoms with Crippen molar-refractivity contribution in [3.05, 3.63) is 117 Å². The monoisotopic (exact) mass is 919 g/mol. The number of benzene rings is 2. The number of fused-ring (bicyclic) bond motifs is 6. The molecule has 4 aliphatic rings. The molecule has 0 spiro atoms. The van der Waals surface area contributed by atoms with Crippen molar-refractivity contribution in [1.82, 2.24) is 35.3 Å². The summed E-state index contributed by atoms with van der Waals surface area (Å²) < 4.78 is 25.9. The van der Waals surface area contributed by atoms with Gasteiger partial charge in [-0.3, -0.25) is 9.97 Å². The predicted octanol–water partition coefficient (Wildman–Crippen LogP) is 9.58. The third kappa shape index (κ3) is 8.44. The fourth-order valence-corrected chi connectivity index (χ4v) is 12.1. The molecular weight excluding hydrogens is 862 g/mol. The Balaban J connectivity index is 0.896. The van der Waals surface area contributed by atoms with E-state index in [0.29, 0.717) is 36.4 Å². The zero-order valence-corrected chi connectivity index (χ0v) is 39.9. The third-order valence-electron chi connectivity index (χ3n) is 14.3. The second kappa shape index (κ2) is 18.0. The van der Waals surface area contributed by atoms with Gasteiger partial charge >= 0.3 is 0 Å². The number of nitrogens with zero attached hydrogens (tertiary/aromatic N) is 9. The van der Waals surface area contributed by atoms with Gasteiger partial charge in [-0.1, -0.05) is 18.2 Å². The van der Waals surface area contributed by atoms with Crippen LogP contribution in [0.4, 0.5) is 27.4 Å². The first-order valence-electron chi connectivity index (χ1n) is 23.7. The van der Waals surface area contributed by atoms with Crippen LogP contribution in [0.15, 0.2) is 73.1 Å². The molecule has 2 N–H and O–H groups in total. The fraction of sp³-hybridized carbons (Fsp3) is 0.423. The number of hydrogen-bond acceptors (Lipinski definition) is 14. The molecule has 5 aromatic heterocycles. The lowest BCUT2D eigenvalue weighted by Gasteiger charge is -2.36. The molecule has 7 aromatic rings. The Morgan fingerprint density at radius 3 is 1.97 bits per heavy atom. The van der Waals surface area contributed by atoms with Crippen molar-refractivity contribution in [2.45, 2.75) is 103 Å². The number of halogens is 1. The minimum Gasteiger partial charge on any atom is -0.377 e. The lowest BCUT2D eigenvalue weighted by Crippen LogP contribution is -2.46. The predicted molar refractivity (Wildman–Crippen MR) is 265 cm³/mol. The number of thiophene rings is 1. The van der Waals surface area contributed by atoms with Crippen LogP contribution in [0.25, 0.3) is 32.2 Å². The van der Waals surface area contributed by atoms with Crippen LogP contribution >= 0.6 is 11.3 Å². The van der Waals surface area contributed by atoms with Gasteiger partial charge in [0.15, 0.2) is 11.6 Å². The van der Waals surface area contributed by atoms with Crippen molar-refractivity contribution in [3.63, 3.8) is 0 Å². The second-order valence-electron chi connectivity index (χ2n) is 19.3. The molecule has 15 heteroatoms. The molecule has 4 saturated heterocycles. The van der Waals surface area contributed by atoms with Crippen LogP contribution in [0.3, 0.4) is 0 Å². The number of aromatic nitrogens is 6. The highest BCUT2D eigenvalue weighted by atomic mass is 32.1. The lowest BCUT2D eigenvalue weighted by molar-refractivity contribution is 0.0906. The average molecular weight is 920 g/mol. The van der Waals surface area contributed by atoms with Gasteiger partial charge in [-0.05, 0) is 138 Å². The minimum absolute atomic E-state index is 0.0327. The summed E-state index contributed by atoms with van der Waals surface area (Å²) in [5, 5.41) is 28.2. The Bertz CT molecular complexity index is 2950. The number of morpholine rings is 2. The first-order valence-corrected chi connectivity index (χ1v) is 24.5. The van der Waals surface area contributed by atoms with Crippen molar-refractivity contribution >= 4 is 56.2 Å². The first-order chi connectivity index (χ1) is 32.5. The molecule has 13 nitrogen and oxygen atoms in total. The summed E-state index contributed by atoms with van der Waals surface area (Å²) in [6.45, 7) is 11.9. The van der Waals surface area contributed by atoms with E-state index in [1.54, 1.807) is 17.4 Å². The van der Waals surface area contributed by atoms with Gasteiger partial charge in [-0.15, -0.1) is 21.5 Å². The molecular formula is C52H58FN11O2S. The molecule has 6 atom stereocenters. The molecule has 4 unspecified atom stereocenters. The summed E-state index contributed by atoms with van der Waals surface area (Å²) in [7, 11) is 4.22. The van der Waals surface area contributed by atoms with Crippen LogP contribution in [0, 0.1) is 19.7 Å². The van der Waals surface area contributed by atoms with Crippen LogP contribution in [0.5, 0.6) is 0 Å². The number of aryl methyl sites for hydroxylation is 2. The zero-order valence-electron chi connectivity index (χ0n) is 39.1. The second-order valence-corrected chi connectivity index (χ2v) is 20.4. The highest BCUT2D eigenvalue weighted by Gasteiger charge is 2.39. The van der Waals surface area contributed by atoms with Gasteiger partial charge in [0.1, 0.15) is 5.82 Å². The van der Waals surface area contributed by atoms with Crippen LogP contribution in [0.1, 0.15) is 90.1 Å². The Kier molecular flexibility index (Phi) is 11.7. The largest absolute Gasteiger partial charge is 0.377 e. The number of rotatable bonds is 13. The Hall–Kier alpha value is -5.87. The fourth-order valence-electron chi connectivity index (χ4n) is 11.0. The average Bonchev–Trinajstić information content (AvgIpc) is 3.98. The molecule has 346 valence electrons. The highest BCUT2D eigenvalue weighted by Crippen LogP contribution is 2.41. The number of anilines is 4. The molecule has 0 saturated carbocycles. The van der Waals surface area contributed by atoms with Crippen LogP contribution in [-0.2, 0) is 22.4 Å². The topological polar surface area (TPSA) is 130 Å². The van der Waals surface area contributed by atoms with E-state index in [4.69, 9.17) is 29.6 Å². The van der Waals surface area contributed by atoms with E-state index in [1.807, 2.05) is 32.3 Å². The van der Waals surface area contributed by atoms with Crippen molar-refractivity contribution in [3.8, 4) is 10.4 Å². The summed E-state index contributed by atoms with van der Waals surface area (Å²) in [5.41, 5.74) is 11.0. The summed E-state index contributed by atoms with van der Waals surface area (Å²) in [6.07, 6.45) is 9.05. The molecule has 11 rings (SSSR count). The lowest BCUT2D eigenvalue weighted by atomic mass is 9.98. The summed E-state index contributed by atoms with van der Waals surface area (Å²) in [6, 6.07) is 21.9. The Morgan fingerprint density at radius 1 is 0.716 bits per heavy atom. The maximum Gasteiger partial charge on any atom is 0.158 e. The van der Waals surface area contributed by atoms with Gasteiger partial charge in [-0.2, -0.15) is 10.2 Å². The van der Waals surface area contributed by atoms with Gasteiger partial charge in [0, 0.05) is 33.5 Å². The van der Waals surface area contributed by atoms with E-state index in [0.717, 1.165) is 126 Å². The van der Waals surface area contributed by atoms with Crippen LogP contribution < -0.4 is 20.4 Å². The van der Waals surface area contributed by atoms with Gasteiger partial charge in [0.25, 0.3) is 0 Å². The molecule has 0 aliphatic carbocycles. The summed E-state index contributed by atoms with van der Waals surface area (Å²) in [5.74, 6) is 1.15. The maximum absolute atomic E-state index is 14.1. The number of hydrogen-bond donors (Lipinski definition) is 2. The molecule has 0 radical (unpaired) electrons. The summed E-state index contributed by atoms with van der Waals surface area (Å²) >= 11 is 1.79. The van der Waals surface area contributed by atoms with E-state index in [-0.39, 0.29) is 17.9 Å². The van der Waals surface area contributed by atoms with E-state index >= 15 is 0 Å². The molecule has 0 amide bonds. The number of nitrogens with one attached hydrogen (secondary N) is 2. The van der Waals surface area contributed by atoms with Crippen molar-refractivity contribution in [2.24, 2.45) is 0 Å². The highest BCUT2D eigenvalue weighted by molar-refractivity contribution is 7.15. The standard InChI is InChI=1S/C52H58FN11O2S/c1-29-17-35(53)9-14-42(29)30(2)56-52-45-21-41(64-38-12-13-39(64)28-66-27-38)23-55-50(45)46(59-61-52)19-33-7-8-34(24-62(5)6)43(18-33)48-16-15-47(67-48)31(3)57-51-44-20-40(22-54-49(44)32(4)58-60-51)63-36-10-11-37(63)26-65-25-36/h7-9,14-18,20-23,30-31,36-39H,10-13,19,24-28H2,1-6H3,(H,56,61)(H,57,60)/t30-,31-,36?,37?,38?,39?/m1/s1. The van der Waals surface area contributed by atoms with E-state index < -0.39 is 0 Å². The maximum atomic E-state index is 14.1. The van der Waals surface area contributed by atoms with E-state index in [2.05, 4.69) is 106 Å². The smallest absolute Gasteiger partial charge is 0.158 e. The quantitative estimate of drug-likeness (QED) is 0.114. The van der Waals surface area contributed by atoms with Gasteiger partial charge in [0.05, 0.1) is 109 Å². The Labute approximate surface area is 395 Å². The van der Waals surface area contributed by atoms with E-state index in [1.165, 1.54) is 26.9 Å². The normalized spacial score (nSPS) is 21.1. The van der Waals surface area contributed by atoms with Crippen molar-refractivity contribution < 1.29 is 13.9 Å². The molecule has 2 aromatic carbocycles. The number of ether oxygens (including phenoxy) is 2. The third-order valence-corrected chi connectivity index (χ3v) is 15.6. The SMILES string of the molecule is Cc1cc(F)ccc1[C@@H](C)Nc1nnc(Cc2ccc(CN(C)C)c(-c3ccc([C@@H](C)Nc4nnc(C)c5ncc(N6C7CCC6COC7)cc45)s3)c2)c2ncc(N3C4CCC3COC4)cc12. The molecule has 4 fully saturated rings. The van der Waals surface area contributed by atoms with Crippen molar-refractivity contribution in [1.29, 1.82) is 0 Å². The van der Waals surface area contributed by atoms with E-state index in [9.17, 15) is 4.39 Å². The molecule has 67 heavy (non-hydrogen) atoms. The van der Waals surface area contributed by atoms with Gasteiger partial charge in [0.2, 0.25) is 0 Å². The number of pyridine rings is 2. The molecule has 4 bridgehead atoms.